The van der Waals surface area contributed by atoms with Crippen molar-refractivity contribution < 1.29 is 52.2 Å². The predicted molar refractivity (Wildman–Crippen MR) is 202 cm³/mol. The van der Waals surface area contributed by atoms with Crippen molar-refractivity contribution in [3.05, 3.63) is 107 Å². The standard InChI is InChI=1S/C39H43F2N6O9P/c40-39(41,57(54,55)56)25-11-14-28-24(19-25)20-31(43-28)36(51)45-30-15-13-27(48)21-26-12-17-32(47(26)38(30)53)37(52)44-29(16-18-33(42)49)35(50)46-34(22-7-3-1-4-8-22)23-9-5-2-6-10-23/h1-11,14,19-20,26-27,29-30,32,34,43,48H,12-13,15-18,21H2,(H2,42,49)(H,44,52)(H,45,51)(H,46,50)(H2,54,55,56)/t26-,27-,29+,30+,32+/m1/s1. The molecule has 3 heterocycles. The lowest BCUT2D eigenvalue weighted by molar-refractivity contribution is -0.144. The van der Waals surface area contributed by atoms with Gasteiger partial charge in [0.25, 0.3) is 5.91 Å². The van der Waals surface area contributed by atoms with Crippen molar-refractivity contribution in [1.82, 2.24) is 25.8 Å². The summed E-state index contributed by atoms with van der Waals surface area (Å²) in [6.45, 7) is 0. The van der Waals surface area contributed by atoms with Gasteiger partial charge in [-0.05, 0) is 67.9 Å². The van der Waals surface area contributed by atoms with Crippen LogP contribution in [0.2, 0.25) is 0 Å². The number of primary amides is 1. The van der Waals surface area contributed by atoms with Crippen molar-refractivity contribution >= 4 is 48.0 Å². The van der Waals surface area contributed by atoms with Gasteiger partial charge in [-0.25, -0.2) is 0 Å². The molecule has 9 N–H and O–H groups in total. The van der Waals surface area contributed by atoms with Gasteiger partial charge in [0, 0.05) is 28.9 Å². The number of carbonyl (C=O) groups excluding carboxylic acids is 5. The molecule has 2 aliphatic rings. The van der Waals surface area contributed by atoms with Crippen LogP contribution in [-0.4, -0.2) is 84.6 Å². The van der Waals surface area contributed by atoms with Crippen molar-refractivity contribution in [3.8, 4) is 0 Å². The molecule has 5 amide bonds. The van der Waals surface area contributed by atoms with Crippen LogP contribution in [0.5, 0.6) is 0 Å². The summed E-state index contributed by atoms with van der Waals surface area (Å²) in [5.41, 5.74) is 1.61. The van der Waals surface area contributed by atoms with Gasteiger partial charge < -0.3 is 46.5 Å². The monoisotopic (exact) mass is 808 g/mol. The Morgan fingerprint density at radius 2 is 1.56 bits per heavy atom. The Balaban J connectivity index is 1.20. The van der Waals surface area contributed by atoms with Crippen LogP contribution < -0.4 is 21.7 Å². The molecule has 57 heavy (non-hydrogen) atoms. The summed E-state index contributed by atoms with van der Waals surface area (Å²) in [6, 6.07) is 17.6. The van der Waals surface area contributed by atoms with Gasteiger partial charge >= 0.3 is 13.3 Å². The van der Waals surface area contributed by atoms with Gasteiger partial charge in [0.1, 0.15) is 23.8 Å². The summed E-state index contributed by atoms with van der Waals surface area (Å²) in [6.07, 6.45) is -0.410. The number of amides is 5. The van der Waals surface area contributed by atoms with Gasteiger partial charge in [0.05, 0.1) is 12.1 Å². The van der Waals surface area contributed by atoms with Crippen LogP contribution in [0.3, 0.4) is 0 Å². The van der Waals surface area contributed by atoms with Gasteiger partial charge in [-0.15, -0.1) is 0 Å². The molecule has 1 aromatic heterocycles. The molecule has 302 valence electrons. The van der Waals surface area contributed by atoms with E-state index in [4.69, 9.17) is 15.5 Å². The van der Waals surface area contributed by atoms with Crippen LogP contribution >= 0.6 is 7.60 Å². The number of nitrogens with one attached hydrogen (secondary N) is 4. The molecule has 2 saturated heterocycles. The Morgan fingerprint density at radius 3 is 2.18 bits per heavy atom. The van der Waals surface area contributed by atoms with Crippen molar-refractivity contribution in [3.63, 3.8) is 0 Å². The van der Waals surface area contributed by atoms with E-state index in [0.29, 0.717) is 6.42 Å². The Labute approximate surface area is 325 Å². The van der Waals surface area contributed by atoms with Gasteiger partial charge in [-0.1, -0.05) is 66.7 Å². The summed E-state index contributed by atoms with van der Waals surface area (Å²) < 4.78 is 40.2. The highest BCUT2D eigenvalue weighted by Crippen LogP contribution is 2.59. The minimum absolute atomic E-state index is 0.00775. The molecule has 2 aliphatic heterocycles. The van der Waals surface area contributed by atoms with Crippen LogP contribution in [-0.2, 0) is 29.4 Å². The molecule has 15 nitrogen and oxygen atoms in total. The van der Waals surface area contributed by atoms with E-state index in [-0.39, 0.29) is 55.1 Å². The number of nitrogens with two attached hydrogens (primary N) is 1. The summed E-state index contributed by atoms with van der Waals surface area (Å²) in [5.74, 6) is -3.37. The Morgan fingerprint density at radius 1 is 0.912 bits per heavy atom. The lowest BCUT2D eigenvalue weighted by Gasteiger charge is -2.36. The van der Waals surface area contributed by atoms with Crippen LogP contribution in [0.15, 0.2) is 84.9 Å². The molecule has 4 aromatic rings. The zero-order valence-electron chi connectivity index (χ0n) is 30.5. The number of H-pyrrole nitrogens is 1. The zero-order chi connectivity index (χ0) is 41.1. The number of hydrogen-bond acceptors (Lipinski definition) is 7. The summed E-state index contributed by atoms with van der Waals surface area (Å²) in [7, 11) is -5.85. The maximum absolute atomic E-state index is 14.4. The fraction of sp³-hybridized carbons (Fsp3) is 0.359. The molecule has 3 aromatic carbocycles. The minimum Gasteiger partial charge on any atom is -0.393 e. The van der Waals surface area contributed by atoms with Crippen LogP contribution in [0, 0.1) is 0 Å². The molecular formula is C39H43F2N6O9P. The average Bonchev–Trinajstić information content (AvgIpc) is 3.80. The lowest BCUT2D eigenvalue weighted by Crippen LogP contribution is -2.59. The quantitative estimate of drug-likeness (QED) is 0.0925. The summed E-state index contributed by atoms with van der Waals surface area (Å²) >= 11 is 0. The highest BCUT2D eigenvalue weighted by Gasteiger charge is 2.50. The Bertz CT molecular complexity index is 2140. The number of aromatic amines is 1. The number of fused-ring (bicyclic) bond motifs is 2. The Kier molecular flexibility index (Phi) is 12.2. The summed E-state index contributed by atoms with van der Waals surface area (Å²) in [4.78, 5) is 89.9. The maximum atomic E-state index is 14.4. The smallest absolute Gasteiger partial charge is 0.393 e. The molecule has 2 fully saturated rings. The van der Waals surface area contributed by atoms with E-state index < -0.39 is 84.7 Å². The average molecular weight is 809 g/mol. The Hall–Kier alpha value is -5.48. The molecule has 0 aliphatic carbocycles. The van der Waals surface area contributed by atoms with Gasteiger partial charge in [0.2, 0.25) is 23.6 Å². The molecular weight excluding hydrogens is 765 g/mol. The van der Waals surface area contributed by atoms with Crippen LogP contribution in [0.25, 0.3) is 10.9 Å². The van der Waals surface area contributed by atoms with Crippen molar-refractivity contribution in [1.29, 1.82) is 0 Å². The van der Waals surface area contributed by atoms with Crippen molar-refractivity contribution in [2.75, 3.05) is 0 Å². The first kappa shape index (κ1) is 41.2. The van der Waals surface area contributed by atoms with Crippen LogP contribution in [0.1, 0.15) is 78.2 Å². The number of aliphatic hydroxyl groups excluding tert-OH is 1. The van der Waals surface area contributed by atoms with E-state index in [1.54, 1.807) is 0 Å². The number of rotatable bonds is 13. The number of aliphatic hydroxyl groups is 1. The number of alkyl halides is 2. The largest absolute Gasteiger partial charge is 0.399 e. The van der Waals surface area contributed by atoms with E-state index in [9.17, 15) is 42.4 Å². The SMILES string of the molecule is NC(=O)CC[C@H](NC(=O)[C@@H]1CC[C@@H]2C[C@H](O)CC[C@H](NC(=O)c3cc4cc(C(F)(F)P(=O)(O)O)ccc4[nH]3)C(=O)N21)C(=O)NC(c1ccccc1)c1ccccc1. The van der Waals surface area contributed by atoms with Crippen molar-refractivity contribution in [2.45, 2.75) is 86.9 Å². The van der Waals surface area contributed by atoms with E-state index in [0.717, 1.165) is 29.3 Å². The van der Waals surface area contributed by atoms with Gasteiger partial charge in [-0.3, -0.25) is 28.5 Å². The predicted octanol–water partition coefficient (Wildman–Crippen LogP) is 3.05. The number of carbonyl (C=O) groups is 5. The number of nitrogens with zero attached hydrogens (tertiary/aromatic N) is 1. The molecule has 0 spiro atoms. The first-order valence-corrected chi connectivity index (χ1v) is 20.0. The summed E-state index contributed by atoms with van der Waals surface area (Å²) in [5, 5.41) is 19.2. The molecule has 6 rings (SSSR count). The zero-order valence-corrected chi connectivity index (χ0v) is 31.4. The van der Waals surface area contributed by atoms with E-state index in [2.05, 4.69) is 20.9 Å². The van der Waals surface area contributed by atoms with Gasteiger partial charge in [0.15, 0.2) is 0 Å². The first-order valence-electron chi connectivity index (χ1n) is 18.4. The number of halogens is 2. The van der Waals surface area contributed by atoms with Gasteiger partial charge in [-0.2, -0.15) is 8.78 Å². The highest BCUT2D eigenvalue weighted by molar-refractivity contribution is 7.52. The number of aromatic nitrogens is 1. The first-order chi connectivity index (χ1) is 27.0. The van der Waals surface area contributed by atoms with Crippen LogP contribution in [0.4, 0.5) is 8.78 Å². The second-order valence-electron chi connectivity index (χ2n) is 14.4. The highest BCUT2D eigenvalue weighted by atomic mass is 31.2. The molecule has 0 saturated carbocycles. The lowest BCUT2D eigenvalue weighted by atomic mass is 9.96. The fourth-order valence-electron chi connectivity index (χ4n) is 7.50. The van der Waals surface area contributed by atoms with E-state index >= 15 is 0 Å². The maximum Gasteiger partial charge on any atom is 0.399 e. The molecule has 5 atom stereocenters. The molecule has 18 heteroatoms. The minimum atomic E-state index is -5.85. The molecule has 0 unspecified atom stereocenters. The second-order valence-corrected chi connectivity index (χ2v) is 16.0. The third-order valence-corrected chi connectivity index (χ3v) is 11.4. The third-order valence-electron chi connectivity index (χ3n) is 10.4. The molecule has 0 radical (unpaired) electrons. The number of hydrogen-bond donors (Lipinski definition) is 8. The molecule has 0 bridgehead atoms. The van der Waals surface area contributed by atoms with E-state index in [1.807, 2.05) is 60.7 Å². The second kappa shape index (κ2) is 16.9. The third kappa shape index (κ3) is 9.23. The van der Waals surface area contributed by atoms with Crippen molar-refractivity contribution in [2.24, 2.45) is 5.73 Å². The number of benzene rings is 3. The van der Waals surface area contributed by atoms with E-state index in [1.165, 1.54) is 11.0 Å². The normalized spacial score (nSPS) is 20.7. The fourth-order valence-corrected chi connectivity index (χ4v) is 7.97. The topological polar surface area (TPSA) is 244 Å².